The molecule has 11 atom stereocenters. The zero-order valence-electron chi connectivity index (χ0n) is 36.6. The summed E-state index contributed by atoms with van der Waals surface area (Å²) in [5, 5.41) is 71.8. The fraction of sp³-hybridized carbons (Fsp3) is 0.723. The van der Waals surface area contributed by atoms with Gasteiger partial charge in [-0.25, -0.2) is 0 Å². The SMILES string of the molecule is CC/C=C\C/C=C\C/C=C\C/C=C\C/C=C\CC(=O)OC(COCCCCCCCC/C=C\CCCC)COC1OC(COC2OC(CO)C(O)C(O)C2O)C(O)C(O)C1O. The fourth-order valence-corrected chi connectivity index (χ4v) is 6.52. The van der Waals surface area contributed by atoms with E-state index in [2.05, 4.69) is 68.5 Å². The highest BCUT2D eigenvalue weighted by molar-refractivity contribution is 5.71. The predicted octanol–water partition coefficient (Wildman–Crippen LogP) is 5.17. The lowest BCUT2D eigenvalue weighted by Gasteiger charge is -2.42. The molecule has 350 valence electrons. The van der Waals surface area contributed by atoms with Gasteiger partial charge in [0, 0.05) is 6.61 Å². The second-order valence-corrected chi connectivity index (χ2v) is 15.5. The molecule has 2 heterocycles. The minimum Gasteiger partial charge on any atom is -0.457 e. The van der Waals surface area contributed by atoms with E-state index in [9.17, 15) is 40.5 Å². The zero-order valence-corrected chi connectivity index (χ0v) is 36.6. The lowest BCUT2D eigenvalue weighted by molar-refractivity contribution is -0.332. The number of aliphatic hydroxyl groups excluding tert-OH is 7. The summed E-state index contributed by atoms with van der Waals surface area (Å²) in [6.45, 7) is 3.35. The van der Waals surface area contributed by atoms with Crippen LogP contribution in [-0.4, -0.2) is 142 Å². The number of allylic oxidation sites excluding steroid dienone is 11. The molecule has 0 amide bonds. The van der Waals surface area contributed by atoms with Gasteiger partial charge in [0.05, 0.1) is 32.8 Å². The first-order valence-electron chi connectivity index (χ1n) is 22.5. The van der Waals surface area contributed by atoms with Crippen molar-refractivity contribution >= 4 is 5.97 Å². The molecule has 14 nitrogen and oxygen atoms in total. The van der Waals surface area contributed by atoms with Crippen LogP contribution in [0.25, 0.3) is 0 Å². The number of esters is 1. The van der Waals surface area contributed by atoms with Gasteiger partial charge in [-0.05, 0) is 57.8 Å². The third-order valence-corrected chi connectivity index (χ3v) is 10.2. The van der Waals surface area contributed by atoms with Crippen LogP contribution in [0, 0.1) is 0 Å². The molecule has 2 saturated heterocycles. The molecule has 2 aliphatic rings. The van der Waals surface area contributed by atoms with Crippen LogP contribution in [0.15, 0.2) is 72.9 Å². The molecule has 0 saturated carbocycles. The maximum atomic E-state index is 12.9. The van der Waals surface area contributed by atoms with Gasteiger partial charge in [-0.2, -0.15) is 0 Å². The van der Waals surface area contributed by atoms with Crippen molar-refractivity contribution < 1.29 is 69.0 Å². The molecule has 0 aromatic carbocycles. The van der Waals surface area contributed by atoms with Crippen LogP contribution < -0.4 is 0 Å². The van der Waals surface area contributed by atoms with Gasteiger partial charge >= 0.3 is 5.97 Å². The smallest absolute Gasteiger partial charge is 0.310 e. The van der Waals surface area contributed by atoms with Crippen LogP contribution in [0.2, 0.25) is 0 Å². The van der Waals surface area contributed by atoms with Gasteiger partial charge in [-0.3, -0.25) is 4.79 Å². The van der Waals surface area contributed by atoms with Gasteiger partial charge < -0.3 is 64.2 Å². The van der Waals surface area contributed by atoms with E-state index in [1.54, 1.807) is 6.08 Å². The van der Waals surface area contributed by atoms with Crippen molar-refractivity contribution in [2.24, 2.45) is 0 Å². The molecule has 11 unspecified atom stereocenters. The van der Waals surface area contributed by atoms with E-state index in [0.29, 0.717) is 13.0 Å². The molecule has 0 aliphatic carbocycles. The molecule has 61 heavy (non-hydrogen) atoms. The van der Waals surface area contributed by atoms with Crippen molar-refractivity contribution in [3.63, 3.8) is 0 Å². The second kappa shape index (κ2) is 34.9. The van der Waals surface area contributed by atoms with Crippen LogP contribution >= 0.6 is 0 Å². The number of unbranched alkanes of at least 4 members (excludes halogenated alkanes) is 8. The van der Waals surface area contributed by atoms with Crippen LogP contribution in [0.5, 0.6) is 0 Å². The number of hydrogen-bond acceptors (Lipinski definition) is 14. The first-order chi connectivity index (χ1) is 29.6. The summed E-state index contributed by atoms with van der Waals surface area (Å²) in [6.07, 6.45) is 24.3. The van der Waals surface area contributed by atoms with E-state index in [-0.39, 0.29) is 19.6 Å². The maximum absolute atomic E-state index is 12.9. The Labute approximate surface area is 364 Å². The molecule has 0 bridgehead atoms. The Morgan fingerprint density at radius 2 is 1.07 bits per heavy atom. The first kappa shape index (κ1) is 54.6. The Kier molecular flexibility index (Phi) is 31.2. The normalized spacial score (nSPS) is 28.1. The van der Waals surface area contributed by atoms with Crippen molar-refractivity contribution in [2.75, 3.05) is 33.0 Å². The van der Waals surface area contributed by atoms with E-state index in [1.165, 1.54) is 25.7 Å². The molecule has 0 radical (unpaired) electrons. The largest absolute Gasteiger partial charge is 0.457 e. The summed E-state index contributed by atoms with van der Waals surface area (Å²) in [4.78, 5) is 12.9. The Morgan fingerprint density at radius 1 is 0.557 bits per heavy atom. The van der Waals surface area contributed by atoms with Crippen LogP contribution in [-0.2, 0) is 33.2 Å². The number of ether oxygens (including phenoxy) is 6. The van der Waals surface area contributed by atoms with Crippen LogP contribution in [0.4, 0.5) is 0 Å². The van der Waals surface area contributed by atoms with Crippen molar-refractivity contribution in [2.45, 2.75) is 184 Å². The zero-order chi connectivity index (χ0) is 44.5. The maximum Gasteiger partial charge on any atom is 0.310 e. The topological polar surface area (TPSA) is 214 Å². The van der Waals surface area contributed by atoms with Gasteiger partial charge in [-0.1, -0.05) is 125 Å². The van der Waals surface area contributed by atoms with Crippen molar-refractivity contribution in [1.82, 2.24) is 0 Å². The molecule has 0 aromatic rings. The lowest BCUT2D eigenvalue weighted by Crippen LogP contribution is -2.61. The molecule has 2 aliphatic heterocycles. The molecule has 14 heteroatoms. The average molecular weight is 867 g/mol. The lowest BCUT2D eigenvalue weighted by atomic mass is 9.98. The number of aliphatic hydroxyl groups is 7. The Morgan fingerprint density at radius 3 is 1.66 bits per heavy atom. The average Bonchev–Trinajstić information content (AvgIpc) is 3.25. The van der Waals surface area contributed by atoms with Gasteiger partial charge in [0.15, 0.2) is 12.6 Å². The van der Waals surface area contributed by atoms with Crippen LogP contribution in [0.3, 0.4) is 0 Å². The molecular weight excluding hydrogens is 789 g/mol. The summed E-state index contributed by atoms with van der Waals surface area (Å²) in [5.74, 6) is -0.509. The second-order valence-electron chi connectivity index (χ2n) is 15.5. The highest BCUT2D eigenvalue weighted by Gasteiger charge is 2.47. The molecule has 0 aromatic heterocycles. The number of rotatable bonds is 33. The number of carbonyl (C=O) groups excluding carboxylic acids is 1. The summed E-state index contributed by atoms with van der Waals surface area (Å²) in [5.41, 5.74) is 0. The minimum atomic E-state index is -1.73. The molecule has 0 spiro atoms. The molecule has 2 rings (SSSR count). The van der Waals surface area contributed by atoms with Crippen molar-refractivity contribution in [3.8, 4) is 0 Å². The third-order valence-electron chi connectivity index (χ3n) is 10.2. The Bertz CT molecular complexity index is 1280. The van der Waals surface area contributed by atoms with Crippen molar-refractivity contribution in [1.29, 1.82) is 0 Å². The third kappa shape index (κ3) is 23.6. The summed E-state index contributed by atoms with van der Waals surface area (Å²) >= 11 is 0. The van der Waals surface area contributed by atoms with Gasteiger partial charge in [0.2, 0.25) is 0 Å². The monoisotopic (exact) mass is 867 g/mol. The Hall–Kier alpha value is -2.57. The van der Waals surface area contributed by atoms with E-state index < -0.39 is 86.7 Å². The quantitative estimate of drug-likeness (QED) is 0.0258. The summed E-state index contributed by atoms with van der Waals surface area (Å²) < 4.78 is 34.0. The number of carbonyl (C=O) groups is 1. The molecule has 2 fully saturated rings. The van der Waals surface area contributed by atoms with Crippen LogP contribution in [0.1, 0.15) is 117 Å². The first-order valence-corrected chi connectivity index (χ1v) is 22.5. The van der Waals surface area contributed by atoms with Crippen molar-refractivity contribution in [3.05, 3.63) is 72.9 Å². The predicted molar refractivity (Wildman–Crippen MR) is 233 cm³/mol. The van der Waals surface area contributed by atoms with E-state index in [4.69, 9.17) is 28.4 Å². The van der Waals surface area contributed by atoms with E-state index in [0.717, 1.165) is 64.2 Å². The highest BCUT2D eigenvalue weighted by Crippen LogP contribution is 2.26. The fourth-order valence-electron chi connectivity index (χ4n) is 6.52. The minimum absolute atomic E-state index is 0.0133. The highest BCUT2D eigenvalue weighted by atomic mass is 16.7. The van der Waals surface area contributed by atoms with Gasteiger partial charge in [-0.15, -0.1) is 0 Å². The number of hydrogen-bond donors (Lipinski definition) is 7. The van der Waals surface area contributed by atoms with E-state index in [1.807, 2.05) is 12.2 Å². The van der Waals surface area contributed by atoms with E-state index >= 15 is 0 Å². The summed E-state index contributed by atoms with van der Waals surface area (Å²) in [6, 6.07) is 0. The van der Waals surface area contributed by atoms with Gasteiger partial charge in [0.1, 0.15) is 54.9 Å². The summed E-state index contributed by atoms with van der Waals surface area (Å²) in [7, 11) is 0. The van der Waals surface area contributed by atoms with Gasteiger partial charge in [0.25, 0.3) is 0 Å². The standard InChI is InChI=1S/C47H78O14/c1-3-5-7-9-11-13-15-17-18-19-20-22-24-26-28-30-39(49)59-36(33-56-31-29-27-25-23-21-16-14-12-10-8-6-4-2)34-57-46-45(55)43(53)41(51)38(61-46)35-58-47-44(54)42(52)40(50)37(32-48)60-47/h5,7,10-13,17-18,20,22,26,28,36-38,40-48,50-55H,3-4,6,8-9,14-16,19,21,23-25,27,29-35H2,1-2H3/b7-5-,12-10-,13-11-,18-17-,22-20-,28-26-. The Balaban J connectivity index is 1.87. The molecular formula is C47H78O14. The molecule has 7 N–H and O–H groups in total.